The fourth-order valence-corrected chi connectivity index (χ4v) is 3.59. The molecule has 28 heavy (non-hydrogen) atoms. The molecule has 0 aliphatic carbocycles. The van der Waals surface area contributed by atoms with Gasteiger partial charge in [-0.1, -0.05) is 59.9 Å². The van der Waals surface area contributed by atoms with E-state index >= 15 is 0 Å². The lowest BCUT2D eigenvalue weighted by molar-refractivity contribution is 0.103. The van der Waals surface area contributed by atoms with Crippen molar-refractivity contribution in [3.05, 3.63) is 95.6 Å². The highest BCUT2D eigenvalue weighted by Gasteiger charge is 2.20. The summed E-state index contributed by atoms with van der Waals surface area (Å²) >= 11 is 1.27. The van der Waals surface area contributed by atoms with Gasteiger partial charge in [0, 0.05) is 16.9 Å². The first-order chi connectivity index (χ1) is 13.7. The molecule has 0 radical (unpaired) electrons. The fourth-order valence-electron chi connectivity index (χ4n) is 2.69. The maximum absolute atomic E-state index is 13.1. The molecule has 4 rings (SSSR count). The second-order valence-corrected chi connectivity index (χ2v) is 7.01. The van der Waals surface area contributed by atoms with E-state index in [1.54, 1.807) is 0 Å². The molecule has 2 N–H and O–H groups in total. The first kappa shape index (κ1) is 17.9. The zero-order valence-corrected chi connectivity index (χ0v) is 15.5. The van der Waals surface area contributed by atoms with Crippen LogP contribution in [-0.2, 0) is 0 Å². The predicted octanol–water partition coefficient (Wildman–Crippen LogP) is 5.95. The summed E-state index contributed by atoms with van der Waals surface area (Å²) < 4.78 is 13.1. The Labute approximate surface area is 165 Å². The Bertz CT molecular complexity index is 1080. The van der Waals surface area contributed by atoms with Gasteiger partial charge in [-0.3, -0.25) is 4.79 Å². The van der Waals surface area contributed by atoms with Crippen molar-refractivity contribution in [1.29, 1.82) is 0 Å². The molecule has 0 bridgehead atoms. The minimum atomic E-state index is -0.352. The van der Waals surface area contributed by atoms with Gasteiger partial charge in [-0.15, -0.1) is 0 Å². The van der Waals surface area contributed by atoms with Gasteiger partial charge >= 0.3 is 0 Å². The number of halogens is 1. The third-order valence-electron chi connectivity index (χ3n) is 4.01. The molecule has 0 fully saturated rings. The number of hydrogen-bond acceptors (Lipinski definition) is 4. The van der Waals surface area contributed by atoms with Gasteiger partial charge in [0.25, 0.3) is 5.91 Å². The number of nitrogens with one attached hydrogen (secondary N) is 2. The van der Waals surface area contributed by atoms with Crippen LogP contribution in [0.25, 0.3) is 11.3 Å². The number of amides is 1. The predicted molar refractivity (Wildman–Crippen MR) is 112 cm³/mol. The number of nitrogens with zero attached hydrogens (tertiary/aromatic N) is 1. The average molecular weight is 389 g/mol. The zero-order chi connectivity index (χ0) is 19.3. The number of aromatic nitrogens is 1. The number of rotatable bonds is 5. The van der Waals surface area contributed by atoms with E-state index in [1.165, 1.54) is 35.6 Å². The summed E-state index contributed by atoms with van der Waals surface area (Å²) in [5, 5.41) is 6.67. The normalized spacial score (nSPS) is 10.5. The number of carbonyl (C=O) groups is 1. The summed E-state index contributed by atoms with van der Waals surface area (Å²) in [5.41, 5.74) is 2.87. The summed E-state index contributed by atoms with van der Waals surface area (Å²) in [7, 11) is 0. The molecule has 138 valence electrons. The van der Waals surface area contributed by atoms with Crippen molar-refractivity contribution in [2.24, 2.45) is 0 Å². The van der Waals surface area contributed by atoms with E-state index < -0.39 is 0 Å². The van der Waals surface area contributed by atoms with Crippen LogP contribution in [0.2, 0.25) is 0 Å². The Kier molecular flexibility index (Phi) is 5.12. The summed E-state index contributed by atoms with van der Waals surface area (Å²) in [6.07, 6.45) is 0. The van der Waals surface area contributed by atoms with Crippen molar-refractivity contribution in [3.8, 4) is 11.3 Å². The van der Waals surface area contributed by atoms with Gasteiger partial charge in [-0.25, -0.2) is 9.37 Å². The molecule has 0 saturated carbocycles. The topological polar surface area (TPSA) is 54.0 Å². The Morgan fingerprint density at radius 3 is 2.14 bits per heavy atom. The first-order valence-corrected chi connectivity index (χ1v) is 9.46. The molecular weight excluding hydrogens is 373 g/mol. The maximum Gasteiger partial charge on any atom is 0.268 e. The second-order valence-electron chi connectivity index (χ2n) is 6.01. The van der Waals surface area contributed by atoms with E-state index in [0.29, 0.717) is 21.4 Å². The molecule has 0 aliphatic rings. The molecule has 0 spiro atoms. The van der Waals surface area contributed by atoms with E-state index in [2.05, 4.69) is 15.6 Å². The summed E-state index contributed by atoms with van der Waals surface area (Å²) in [6.45, 7) is 0. The molecule has 1 aromatic heterocycles. The standard InChI is InChI=1S/C22H16FN3OS/c23-16-11-13-18(14-12-16)24-21(27)20-19(15-7-3-1-4-8-15)26-22(28-20)25-17-9-5-2-6-10-17/h1-14H,(H,24,27)(H,25,26). The van der Waals surface area contributed by atoms with Crippen LogP contribution in [-0.4, -0.2) is 10.9 Å². The maximum atomic E-state index is 13.1. The quantitative estimate of drug-likeness (QED) is 0.444. The molecular formula is C22H16FN3OS. The van der Waals surface area contributed by atoms with Crippen LogP contribution in [0.15, 0.2) is 84.9 Å². The largest absolute Gasteiger partial charge is 0.332 e. The first-order valence-electron chi connectivity index (χ1n) is 8.64. The van der Waals surface area contributed by atoms with E-state index in [9.17, 15) is 9.18 Å². The smallest absolute Gasteiger partial charge is 0.268 e. The van der Waals surface area contributed by atoms with Crippen molar-refractivity contribution in [2.75, 3.05) is 10.6 Å². The molecule has 0 unspecified atom stereocenters. The van der Waals surface area contributed by atoms with Gasteiger partial charge in [-0.2, -0.15) is 0 Å². The van der Waals surface area contributed by atoms with Crippen LogP contribution in [0.4, 0.5) is 20.9 Å². The molecule has 6 heteroatoms. The number of anilines is 3. The third kappa shape index (κ3) is 4.07. The molecule has 1 heterocycles. The molecule has 0 saturated heterocycles. The van der Waals surface area contributed by atoms with Crippen molar-refractivity contribution < 1.29 is 9.18 Å². The highest BCUT2D eigenvalue weighted by atomic mass is 32.1. The van der Waals surface area contributed by atoms with Gasteiger partial charge in [0.15, 0.2) is 5.13 Å². The van der Waals surface area contributed by atoms with Crippen LogP contribution in [0, 0.1) is 5.82 Å². The van der Waals surface area contributed by atoms with Crippen LogP contribution < -0.4 is 10.6 Å². The van der Waals surface area contributed by atoms with Gasteiger partial charge < -0.3 is 10.6 Å². The van der Waals surface area contributed by atoms with Crippen LogP contribution in [0.1, 0.15) is 9.67 Å². The van der Waals surface area contributed by atoms with E-state index in [1.807, 2.05) is 60.7 Å². The summed E-state index contributed by atoms with van der Waals surface area (Å²) in [5.74, 6) is -0.640. The minimum absolute atomic E-state index is 0.288. The number of para-hydroxylation sites is 1. The Hall–Kier alpha value is -3.51. The molecule has 3 aromatic carbocycles. The SMILES string of the molecule is O=C(Nc1ccc(F)cc1)c1sc(Nc2ccccc2)nc1-c1ccccc1. The van der Waals surface area contributed by atoms with E-state index in [-0.39, 0.29) is 11.7 Å². The zero-order valence-electron chi connectivity index (χ0n) is 14.7. The molecule has 4 nitrogen and oxygen atoms in total. The molecule has 0 atom stereocenters. The highest BCUT2D eigenvalue weighted by Crippen LogP contribution is 2.33. The highest BCUT2D eigenvalue weighted by molar-refractivity contribution is 7.18. The van der Waals surface area contributed by atoms with Crippen molar-refractivity contribution >= 4 is 33.8 Å². The van der Waals surface area contributed by atoms with Crippen LogP contribution >= 0.6 is 11.3 Å². The Morgan fingerprint density at radius 2 is 1.46 bits per heavy atom. The average Bonchev–Trinajstić information content (AvgIpc) is 3.15. The van der Waals surface area contributed by atoms with E-state index in [4.69, 9.17) is 0 Å². The van der Waals surface area contributed by atoms with Crippen molar-refractivity contribution in [3.63, 3.8) is 0 Å². The van der Waals surface area contributed by atoms with Crippen molar-refractivity contribution in [2.45, 2.75) is 0 Å². The number of carbonyl (C=O) groups excluding carboxylic acids is 1. The van der Waals surface area contributed by atoms with Gasteiger partial charge in [0.2, 0.25) is 0 Å². The van der Waals surface area contributed by atoms with E-state index in [0.717, 1.165) is 11.3 Å². The molecule has 1 amide bonds. The van der Waals surface area contributed by atoms with Gasteiger partial charge in [0.05, 0.1) is 5.69 Å². The Morgan fingerprint density at radius 1 is 0.821 bits per heavy atom. The summed E-state index contributed by atoms with van der Waals surface area (Å²) in [6, 6.07) is 24.9. The number of hydrogen-bond donors (Lipinski definition) is 2. The fraction of sp³-hybridized carbons (Fsp3) is 0. The monoisotopic (exact) mass is 389 g/mol. The summed E-state index contributed by atoms with van der Waals surface area (Å²) in [4.78, 5) is 18.0. The Balaban J connectivity index is 1.67. The van der Waals surface area contributed by atoms with Crippen LogP contribution in [0.3, 0.4) is 0 Å². The van der Waals surface area contributed by atoms with Crippen molar-refractivity contribution in [1.82, 2.24) is 4.98 Å². The number of benzene rings is 3. The molecule has 0 aliphatic heterocycles. The van der Waals surface area contributed by atoms with Gasteiger partial charge in [-0.05, 0) is 36.4 Å². The lowest BCUT2D eigenvalue weighted by atomic mass is 10.1. The molecule has 4 aromatic rings. The van der Waals surface area contributed by atoms with Gasteiger partial charge in [0.1, 0.15) is 10.7 Å². The number of thiazole rings is 1. The lowest BCUT2D eigenvalue weighted by Crippen LogP contribution is -2.11. The third-order valence-corrected chi connectivity index (χ3v) is 4.98. The second kappa shape index (κ2) is 8.02. The lowest BCUT2D eigenvalue weighted by Gasteiger charge is -2.05. The van der Waals surface area contributed by atoms with Crippen LogP contribution in [0.5, 0.6) is 0 Å². The minimum Gasteiger partial charge on any atom is -0.332 e.